The molecule has 8 nitrogen and oxygen atoms in total. The molecule has 0 amide bonds. The highest BCUT2D eigenvalue weighted by molar-refractivity contribution is 6.04. The fourth-order valence-corrected chi connectivity index (χ4v) is 7.60. The van der Waals surface area contributed by atoms with Crippen LogP contribution in [0.15, 0.2) is 24.3 Å². The third kappa shape index (κ3) is 7.78. The lowest BCUT2D eigenvalue weighted by Crippen LogP contribution is -2.54. The standard InChI is InChI=1S/C36H50O8/c1-3-4-5-6-7-8-9-10-11-12-13-14-15-16-17-20-23-42-35(41)31-30-29(33(39)44-34(30)40)25-21-18-19-22-26(25)36(31,2)27-24-28(37)43-32(27)38/h18-19,21-22,27,29-31H,3-17,20,23-24H2,1-2H3. The summed E-state index contributed by atoms with van der Waals surface area (Å²) in [7, 11) is 0. The van der Waals surface area contributed by atoms with Gasteiger partial charge in [-0.05, 0) is 17.5 Å². The summed E-state index contributed by atoms with van der Waals surface area (Å²) in [5.74, 6) is -7.85. The van der Waals surface area contributed by atoms with E-state index in [2.05, 4.69) is 6.92 Å². The number of cyclic esters (lactones) is 4. The summed E-state index contributed by atoms with van der Waals surface area (Å²) < 4.78 is 15.6. The maximum atomic E-state index is 13.7. The van der Waals surface area contributed by atoms with Crippen LogP contribution in [0.1, 0.15) is 140 Å². The number of rotatable bonds is 19. The van der Waals surface area contributed by atoms with Crippen LogP contribution < -0.4 is 0 Å². The maximum Gasteiger partial charge on any atom is 0.321 e. The molecule has 0 radical (unpaired) electrons. The number of carbonyl (C=O) groups is 5. The summed E-state index contributed by atoms with van der Waals surface area (Å²) in [5.41, 5.74) is -0.199. The molecule has 8 heteroatoms. The largest absolute Gasteiger partial charge is 0.465 e. The molecular formula is C36H50O8. The Morgan fingerprint density at radius 1 is 0.750 bits per heavy atom. The van der Waals surface area contributed by atoms with E-state index in [0.717, 1.165) is 19.3 Å². The van der Waals surface area contributed by atoms with Gasteiger partial charge in [0.05, 0.1) is 36.7 Å². The third-order valence-electron chi connectivity index (χ3n) is 10.1. The minimum Gasteiger partial charge on any atom is -0.465 e. The number of fused-ring (bicyclic) bond motifs is 3. The van der Waals surface area contributed by atoms with Crippen LogP contribution in [0.4, 0.5) is 0 Å². The van der Waals surface area contributed by atoms with Crippen LogP contribution in [-0.4, -0.2) is 36.5 Å². The van der Waals surface area contributed by atoms with Crippen molar-refractivity contribution in [2.24, 2.45) is 17.8 Å². The van der Waals surface area contributed by atoms with E-state index in [1.54, 1.807) is 31.2 Å². The SMILES string of the molecule is CCCCCCCCCCCCCCCCCCOC(=O)C1C2C(=O)OC(=O)C2c2ccccc2C1(C)C1CC(=O)OC1=O. The van der Waals surface area contributed by atoms with Gasteiger partial charge in [-0.25, -0.2) is 0 Å². The average molecular weight is 611 g/mol. The second kappa shape index (κ2) is 16.3. The molecule has 1 aromatic rings. The minimum atomic E-state index is -1.30. The Morgan fingerprint density at radius 2 is 1.30 bits per heavy atom. The van der Waals surface area contributed by atoms with E-state index in [0.29, 0.717) is 17.5 Å². The number of esters is 5. The maximum absolute atomic E-state index is 13.7. The normalized spacial score (nSPS) is 25.9. The molecular weight excluding hydrogens is 560 g/mol. The molecule has 3 aliphatic rings. The lowest BCUT2D eigenvalue weighted by molar-refractivity contribution is -0.164. The number of benzene rings is 1. The van der Waals surface area contributed by atoms with Crippen LogP contribution in [-0.2, 0) is 43.6 Å². The van der Waals surface area contributed by atoms with Crippen molar-refractivity contribution < 1.29 is 38.2 Å². The van der Waals surface area contributed by atoms with Gasteiger partial charge in [0, 0.05) is 5.41 Å². The average Bonchev–Trinajstić information content (AvgIpc) is 3.50. The Labute approximate surface area is 262 Å². The van der Waals surface area contributed by atoms with Crippen molar-refractivity contribution in [1.82, 2.24) is 0 Å². The van der Waals surface area contributed by atoms with Gasteiger partial charge in [0.2, 0.25) is 0 Å². The van der Waals surface area contributed by atoms with Crippen molar-refractivity contribution in [3.8, 4) is 0 Å². The summed E-state index contributed by atoms with van der Waals surface area (Å²) in [6.45, 7) is 4.13. The Hall–Kier alpha value is -3.03. The van der Waals surface area contributed by atoms with Crippen LogP contribution in [0.25, 0.3) is 0 Å². The first kappa shape index (κ1) is 33.9. The van der Waals surface area contributed by atoms with E-state index >= 15 is 0 Å². The smallest absolute Gasteiger partial charge is 0.321 e. The molecule has 2 heterocycles. The Kier molecular flexibility index (Phi) is 12.6. The van der Waals surface area contributed by atoms with E-state index in [1.807, 2.05) is 0 Å². The molecule has 0 spiro atoms. The zero-order chi connectivity index (χ0) is 31.5. The molecule has 1 aliphatic carbocycles. The Bertz CT molecular complexity index is 1170. The first-order chi connectivity index (χ1) is 21.3. The summed E-state index contributed by atoms with van der Waals surface area (Å²) in [5, 5.41) is 0. The molecule has 4 rings (SSSR count). The van der Waals surface area contributed by atoms with Gasteiger partial charge in [0.25, 0.3) is 0 Å². The molecule has 242 valence electrons. The minimum absolute atomic E-state index is 0.180. The van der Waals surface area contributed by atoms with Gasteiger partial charge >= 0.3 is 29.8 Å². The van der Waals surface area contributed by atoms with E-state index in [1.165, 1.54) is 77.0 Å². The fourth-order valence-electron chi connectivity index (χ4n) is 7.60. The molecule has 1 aromatic carbocycles. The summed E-state index contributed by atoms with van der Waals surface area (Å²) in [6, 6.07) is 6.94. The molecule has 2 saturated heterocycles. The Balaban J connectivity index is 1.24. The van der Waals surface area contributed by atoms with E-state index < -0.39 is 58.9 Å². The van der Waals surface area contributed by atoms with Gasteiger partial charge in [-0.3, -0.25) is 24.0 Å². The van der Waals surface area contributed by atoms with Crippen LogP contribution in [0.5, 0.6) is 0 Å². The van der Waals surface area contributed by atoms with E-state index in [4.69, 9.17) is 14.2 Å². The third-order valence-corrected chi connectivity index (χ3v) is 10.1. The summed E-state index contributed by atoms with van der Waals surface area (Å²) in [6.07, 6.45) is 19.6. The summed E-state index contributed by atoms with van der Waals surface area (Å²) >= 11 is 0. The highest BCUT2D eigenvalue weighted by Gasteiger charge is 2.66. The zero-order valence-corrected chi connectivity index (χ0v) is 26.6. The predicted octanol–water partition coefficient (Wildman–Crippen LogP) is 7.25. The fraction of sp³-hybridized carbons (Fsp3) is 0.694. The first-order valence-electron chi connectivity index (χ1n) is 17.1. The van der Waals surface area contributed by atoms with Crippen molar-refractivity contribution >= 4 is 29.8 Å². The quantitative estimate of drug-likeness (QED) is 0.0697. The van der Waals surface area contributed by atoms with Crippen molar-refractivity contribution in [3.63, 3.8) is 0 Å². The number of hydrogen-bond donors (Lipinski definition) is 0. The van der Waals surface area contributed by atoms with E-state index in [-0.39, 0.29) is 13.0 Å². The molecule has 0 saturated carbocycles. The van der Waals surface area contributed by atoms with Gasteiger partial charge in [0.1, 0.15) is 0 Å². The monoisotopic (exact) mass is 610 g/mol. The highest BCUT2D eigenvalue weighted by Crippen LogP contribution is 2.57. The van der Waals surface area contributed by atoms with Crippen molar-refractivity contribution in [2.75, 3.05) is 6.61 Å². The highest BCUT2D eigenvalue weighted by atomic mass is 16.6. The van der Waals surface area contributed by atoms with Gasteiger partial charge in [-0.15, -0.1) is 0 Å². The van der Waals surface area contributed by atoms with Gasteiger partial charge < -0.3 is 14.2 Å². The molecule has 5 atom stereocenters. The molecule has 2 fully saturated rings. The number of carbonyl (C=O) groups excluding carboxylic acids is 5. The van der Waals surface area contributed by atoms with Gasteiger partial charge in [-0.2, -0.15) is 0 Å². The van der Waals surface area contributed by atoms with Crippen LogP contribution in [0.2, 0.25) is 0 Å². The van der Waals surface area contributed by atoms with Crippen LogP contribution >= 0.6 is 0 Å². The topological polar surface area (TPSA) is 113 Å². The first-order valence-corrected chi connectivity index (χ1v) is 17.1. The molecule has 2 aliphatic heterocycles. The predicted molar refractivity (Wildman–Crippen MR) is 164 cm³/mol. The molecule has 44 heavy (non-hydrogen) atoms. The van der Waals surface area contributed by atoms with Crippen molar-refractivity contribution in [3.05, 3.63) is 35.4 Å². The molecule has 0 N–H and O–H groups in total. The van der Waals surface area contributed by atoms with Crippen LogP contribution in [0.3, 0.4) is 0 Å². The van der Waals surface area contributed by atoms with Crippen molar-refractivity contribution in [1.29, 1.82) is 0 Å². The number of unbranched alkanes of at least 4 members (excludes halogenated alkanes) is 15. The van der Waals surface area contributed by atoms with E-state index in [9.17, 15) is 24.0 Å². The lowest BCUT2D eigenvalue weighted by atomic mass is 9.52. The lowest BCUT2D eigenvalue weighted by Gasteiger charge is -2.47. The van der Waals surface area contributed by atoms with Crippen LogP contribution in [0, 0.1) is 17.8 Å². The summed E-state index contributed by atoms with van der Waals surface area (Å²) in [4.78, 5) is 64.5. The Morgan fingerprint density at radius 3 is 1.84 bits per heavy atom. The van der Waals surface area contributed by atoms with Gasteiger partial charge in [0.15, 0.2) is 0 Å². The molecule has 5 unspecified atom stereocenters. The number of hydrogen-bond acceptors (Lipinski definition) is 8. The van der Waals surface area contributed by atoms with Gasteiger partial charge in [-0.1, -0.05) is 134 Å². The number of ether oxygens (including phenoxy) is 3. The van der Waals surface area contributed by atoms with Crippen molar-refractivity contribution in [2.45, 2.75) is 134 Å². The zero-order valence-electron chi connectivity index (χ0n) is 26.6. The molecule has 0 aromatic heterocycles. The second-order valence-corrected chi connectivity index (χ2v) is 13.1. The second-order valence-electron chi connectivity index (χ2n) is 13.1. The molecule has 0 bridgehead atoms.